The Labute approximate surface area is 243 Å². The van der Waals surface area contributed by atoms with Crippen molar-refractivity contribution in [1.29, 1.82) is 0 Å². The second-order valence-electron chi connectivity index (χ2n) is 10.9. The van der Waals surface area contributed by atoms with Crippen molar-refractivity contribution in [3.8, 4) is 0 Å². The molecule has 1 aliphatic heterocycles. The highest BCUT2D eigenvalue weighted by Crippen LogP contribution is 2.19. The van der Waals surface area contributed by atoms with Crippen LogP contribution in [0, 0.1) is 0 Å². The molecule has 0 amide bonds. The zero-order valence-corrected chi connectivity index (χ0v) is 25.4. The van der Waals surface area contributed by atoms with Crippen molar-refractivity contribution in [3.63, 3.8) is 0 Å². The number of nitrogens with zero attached hydrogens (tertiary/aromatic N) is 2. The van der Waals surface area contributed by atoms with Crippen LogP contribution in [0.4, 0.5) is 0 Å². The van der Waals surface area contributed by atoms with Crippen molar-refractivity contribution in [3.05, 3.63) is 95.0 Å². The number of piperazine rings is 1. The predicted octanol–water partition coefficient (Wildman–Crippen LogP) is 7.92. The number of benzene rings is 1. The van der Waals surface area contributed by atoms with Crippen molar-refractivity contribution in [1.82, 2.24) is 9.80 Å². The SMILES string of the molecule is C/C=C\CC(CC/C=C(\C)CCCC)OCc1ccc(CN2CCN(C3=CC=C(OCOC)CC=C3)CC2)cc1. The standard InChI is InChI=1S/C35H52N2O3/c1-5-7-11-30(3)12-9-15-34(14-8-6-2)39-28-32-19-17-31(18-20-32)27-36-23-25-37(26-24-36)33-13-10-16-35(22-21-33)40-29-38-4/h6,8,10,12-13,17-22,34H,5,7,9,11,14-16,23-29H2,1-4H3/b8-6-,30-12+. The highest BCUT2D eigenvalue weighted by molar-refractivity contribution is 5.29. The number of allylic oxidation sites excluding steroid dienone is 7. The summed E-state index contributed by atoms with van der Waals surface area (Å²) in [5.41, 5.74) is 5.39. The average molecular weight is 549 g/mol. The molecule has 1 heterocycles. The molecular formula is C35H52N2O3. The van der Waals surface area contributed by atoms with Crippen LogP contribution in [-0.4, -0.2) is 56.0 Å². The molecule has 1 unspecified atom stereocenters. The first-order valence-electron chi connectivity index (χ1n) is 15.2. The maximum Gasteiger partial charge on any atom is 0.188 e. The van der Waals surface area contributed by atoms with Crippen LogP contribution in [0.5, 0.6) is 0 Å². The molecule has 1 aliphatic carbocycles. The first-order valence-corrected chi connectivity index (χ1v) is 15.2. The molecule has 40 heavy (non-hydrogen) atoms. The summed E-state index contributed by atoms with van der Waals surface area (Å²) in [6.45, 7) is 12.8. The Hall–Kier alpha value is -2.60. The van der Waals surface area contributed by atoms with Crippen LogP contribution in [0.25, 0.3) is 0 Å². The monoisotopic (exact) mass is 548 g/mol. The summed E-state index contributed by atoms with van der Waals surface area (Å²) in [7, 11) is 1.65. The molecule has 5 heteroatoms. The molecule has 0 bridgehead atoms. The summed E-state index contributed by atoms with van der Waals surface area (Å²) in [6.07, 6.45) is 23.4. The van der Waals surface area contributed by atoms with Crippen molar-refractivity contribution in [2.45, 2.75) is 85.0 Å². The molecule has 0 aromatic heterocycles. The van der Waals surface area contributed by atoms with Crippen LogP contribution in [0.1, 0.15) is 76.8 Å². The molecule has 220 valence electrons. The molecule has 1 atom stereocenters. The van der Waals surface area contributed by atoms with E-state index in [4.69, 9.17) is 14.2 Å². The van der Waals surface area contributed by atoms with E-state index in [1.807, 2.05) is 0 Å². The van der Waals surface area contributed by atoms with Gasteiger partial charge in [0.05, 0.1) is 12.7 Å². The largest absolute Gasteiger partial charge is 0.472 e. The fourth-order valence-corrected chi connectivity index (χ4v) is 5.06. The number of ether oxygens (including phenoxy) is 3. The Kier molecular flexibility index (Phi) is 14.9. The lowest BCUT2D eigenvalue weighted by molar-refractivity contribution is 0.00409. The third-order valence-corrected chi connectivity index (χ3v) is 7.60. The van der Waals surface area contributed by atoms with Gasteiger partial charge in [-0.3, -0.25) is 4.90 Å². The van der Waals surface area contributed by atoms with Crippen molar-refractivity contribution in [2.75, 3.05) is 40.1 Å². The fourth-order valence-electron chi connectivity index (χ4n) is 5.06. The van der Waals surface area contributed by atoms with E-state index in [0.29, 0.717) is 13.4 Å². The van der Waals surface area contributed by atoms with E-state index < -0.39 is 0 Å². The van der Waals surface area contributed by atoms with Gasteiger partial charge in [0.2, 0.25) is 0 Å². The van der Waals surface area contributed by atoms with Gasteiger partial charge in [0.25, 0.3) is 0 Å². The molecule has 1 saturated heterocycles. The minimum atomic E-state index is 0.265. The normalized spacial score (nSPS) is 17.6. The second-order valence-corrected chi connectivity index (χ2v) is 10.9. The third-order valence-electron chi connectivity index (χ3n) is 7.60. The fraction of sp³-hybridized carbons (Fsp3) is 0.543. The molecule has 0 saturated carbocycles. The minimum Gasteiger partial charge on any atom is -0.472 e. The topological polar surface area (TPSA) is 34.2 Å². The van der Waals surface area contributed by atoms with E-state index in [9.17, 15) is 0 Å². The smallest absolute Gasteiger partial charge is 0.188 e. The van der Waals surface area contributed by atoms with Crippen LogP contribution in [-0.2, 0) is 27.4 Å². The molecule has 0 radical (unpaired) electrons. The highest BCUT2D eigenvalue weighted by atomic mass is 16.7. The number of hydrogen-bond donors (Lipinski definition) is 0. The first-order chi connectivity index (χ1) is 19.6. The molecule has 5 nitrogen and oxygen atoms in total. The van der Waals surface area contributed by atoms with Gasteiger partial charge in [-0.2, -0.15) is 0 Å². The molecule has 1 fully saturated rings. The minimum absolute atomic E-state index is 0.265. The lowest BCUT2D eigenvalue weighted by Gasteiger charge is -2.36. The summed E-state index contributed by atoms with van der Waals surface area (Å²) >= 11 is 0. The van der Waals surface area contributed by atoms with Crippen LogP contribution in [0.3, 0.4) is 0 Å². The lowest BCUT2D eigenvalue weighted by atomic mass is 10.1. The molecule has 1 aromatic rings. The molecule has 3 rings (SSSR count). The van der Waals surface area contributed by atoms with Crippen LogP contribution in [0.2, 0.25) is 0 Å². The third kappa shape index (κ3) is 11.9. The zero-order chi connectivity index (χ0) is 28.4. The average Bonchev–Trinajstić information content (AvgIpc) is 3.23. The van der Waals surface area contributed by atoms with Gasteiger partial charge in [-0.05, 0) is 75.3 Å². The summed E-state index contributed by atoms with van der Waals surface area (Å²) in [6, 6.07) is 9.02. The quantitative estimate of drug-likeness (QED) is 0.146. The summed E-state index contributed by atoms with van der Waals surface area (Å²) < 4.78 is 17.0. The Bertz CT molecular complexity index is 998. The van der Waals surface area contributed by atoms with Crippen molar-refractivity contribution in [2.24, 2.45) is 0 Å². The van der Waals surface area contributed by atoms with Gasteiger partial charge in [-0.25, -0.2) is 0 Å². The molecule has 0 N–H and O–H groups in total. The maximum atomic E-state index is 6.36. The summed E-state index contributed by atoms with van der Waals surface area (Å²) in [4.78, 5) is 5.02. The Morgan fingerprint density at radius 3 is 2.55 bits per heavy atom. The number of methoxy groups -OCH3 is 1. The molecule has 1 aromatic carbocycles. The van der Waals surface area contributed by atoms with Gasteiger partial charge < -0.3 is 19.1 Å². The van der Waals surface area contributed by atoms with Crippen LogP contribution < -0.4 is 0 Å². The van der Waals surface area contributed by atoms with E-state index >= 15 is 0 Å². The number of hydrogen-bond acceptors (Lipinski definition) is 5. The Morgan fingerprint density at radius 1 is 1.05 bits per heavy atom. The summed E-state index contributed by atoms with van der Waals surface area (Å²) in [5.74, 6) is 0.943. The van der Waals surface area contributed by atoms with Crippen molar-refractivity contribution < 1.29 is 14.2 Å². The Balaban J connectivity index is 1.42. The zero-order valence-electron chi connectivity index (χ0n) is 25.4. The van der Waals surface area contributed by atoms with E-state index in [2.05, 4.69) is 97.4 Å². The van der Waals surface area contributed by atoms with E-state index in [1.165, 1.54) is 41.7 Å². The predicted molar refractivity (Wildman–Crippen MR) is 167 cm³/mol. The second kappa shape index (κ2) is 18.7. The Morgan fingerprint density at radius 2 is 1.82 bits per heavy atom. The maximum absolute atomic E-state index is 6.36. The summed E-state index contributed by atoms with van der Waals surface area (Å²) in [5, 5.41) is 0. The van der Waals surface area contributed by atoms with E-state index in [1.54, 1.807) is 7.11 Å². The molecular weight excluding hydrogens is 496 g/mol. The molecule has 0 spiro atoms. The highest BCUT2D eigenvalue weighted by Gasteiger charge is 2.18. The van der Waals surface area contributed by atoms with Gasteiger partial charge in [0.1, 0.15) is 5.76 Å². The lowest BCUT2D eigenvalue weighted by Crippen LogP contribution is -2.45. The molecule has 2 aliphatic rings. The number of rotatable bonds is 17. The van der Waals surface area contributed by atoms with Gasteiger partial charge in [-0.1, -0.05) is 67.5 Å². The van der Waals surface area contributed by atoms with Crippen LogP contribution >= 0.6 is 0 Å². The van der Waals surface area contributed by atoms with Crippen LogP contribution in [0.15, 0.2) is 83.8 Å². The van der Waals surface area contributed by atoms with Gasteiger partial charge in [0.15, 0.2) is 6.79 Å². The first kappa shape index (κ1) is 31.9. The van der Waals surface area contributed by atoms with Gasteiger partial charge >= 0.3 is 0 Å². The van der Waals surface area contributed by atoms with Gasteiger partial charge in [0, 0.05) is 52.0 Å². The van der Waals surface area contributed by atoms with Crippen molar-refractivity contribution >= 4 is 0 Å². The van der Waals surface area contributed by atoms with Gasteiger partial charge in [-0.15, -0.1) is 0 Å². The van der Waals surface area contributed by atoms with E-state index in [-0.39, 0.29) is 6.10 Å². The number of unbranched alkanes of at least 4 members (excludes halogenated alkanes) is 1. The van der Waals surface area contributed by atoms with E-state index in [0.717, 1.165) is 64.2 Å².